The lowest BCUT2D eigenvalue weighted by Gasteiger charge is -2.26. The fourth-order valence-electron chi connectivity index (χ4n) is 3.12. The van der Waals surface area contributed by atoms with Gasteiger partial charge in [-0.1, -0.05) is 24.3 Å². The summed E-state index contributed by atoms with van der Waals surface area (Å²) in [6.45, 7) is 0.448. The highest BCUT2D eigenvalue weighted by atomic mass is 19.1. The number of pyridine rings is 1. The second kappa shape index (κ2) is 7.01. The molecule has 0 saturated heterocycles. The summed E-state index contributed by atoms with van der Waals surface area (Å²) >= 11 is 0. The summed E-state index contributed by atoms with van der Waals surface area (Å²) < 4.78 is 14.0. The number of rotatable bonds is 3. The average Bonchev–Trinajstić information content (AvgIpc) is 2.85. The van der Waals surface area contributed by atoms with Crippen LogP contribution in [0.1, 0.15) is 27.0 Å². The minimum absolute atomic E-state index is 0.318. The molecule has 4 rings (SSSR count). The second-order valence-electron chi connectivity index (χ2n) is 6.18. The topological polar surface area (TPSA) is 65.5 Å². The SMILES string of the molecule is O=C(NO)c1ccc(CN2c3cc(F)ccc3C=Cc3cccnc32)cc1. The van der Waals surface area contributed by atoms with Crippen LogP contribution in [0.3, 0.4) is 0 Å². The Kier molecular flexibility index (Phi) is 4.40. The van der Waals surface area contributed by atoms with Crippen LogP contribution in [0.25, 0.3) is 12.2 Å². The molecule has 1 aromatic heterocycles. The largest absolute Gasteiger partial charge is 0.321 e. The Morgan fingerprint density at radius 3 is 2.63 bits per heavy atom. The molecule has 0 saturated carbocycles. The molecule has 3 aromatic rings. The lowest BCUT2D eigenvalue weighted by molar-refractivity contribution is 0.0706. The maximum Gasteiger partial charge on any atom is 0.274 e. The summed E-state index contributed by atoms with van der Waals surface area (Å²) in [5.41, 5.74) is 5.43. The van der Waals surface area contributed by atoms with E-state index in [-0.39, 0.29) is 5.82 Å². The number of carbonyl (C=O) groups excluding carboxylic acids is 1. The highest BCUT2D eigenvalue weighted by Crippen LogP contribution is 2.36. The first-order chi connectivity index (χ1) is 13.2. The Balaban J connectivity index is 1.76. The second-order valence-corrected chi connectivity index (χ2v) is 6.18. The normalized spacial score (nSPS) is 12.1. The van der Waals surface area contributed by atoms with Crippen molar-refractivity contribution in [1.29, 1.82) is 0 Å². The number of hydroxylamine groups is 1. The molecule has 2 heterocycles. The standard InChI is InChI=1S/C21H16FN3O2/c22-18-10-9-15-7-8-16-2-1-11-23-20(16)25(19(15)12-18)13-14-3-5-17(6-4-14)21(26)24-27/h1-12,27H,13H2,(H,24,26). The van der Waals surface area contributed by atoms with Gasteiger partial charge in [0.1, 0.15) is 11.6 Å². The van der Waals surface area contributed by atoms with Gasteiger partial charge in [-0.15, -0.1) is 0 Å². The van der Waals surface area contributed by atoms with Crippen LogP contribution in [0.15, 0.2) is 60.8 Å². The number of hydrogen-bond donors (Lipinski definition) is 2. The van der Waals surface area contributed by atoms with E-state index in [1.165, 1.54) is 12.1 Å². The van der Waals surface area contributed by atoms with E-state index in [1.807, 2.05) is 29.2 Å². The van der Waals surface area contributed by atoms with Gasteiger partial charge in [0.25, 0.3) is 5.91 Å². The zero-order valence-electron chi connectivity index (χ0n) is 14.3. The van der Waals surface area contributed by atoms with E-state index in [0.717, 1.165) is 28.2 Å². The summed E-state index contributed by atoms with van der Waals surface area (Å²) in [5.74, 6) is -0.156. The first-order valence-electron chi connectivity index (χ1n) is 8.39. The van der Waals surface area contributed by atoms with E-state index in [0.29, 0.717) is 12.1 Å². The number of nitrogens with zero attached hydrogens (tertiary/aromatic N) is 2. The third-order valence-corrected chi connectivity index (χ3v) is 4.46. The van der Waals surface area contributed by atoms with E-state index >= 15 is 0 Å². The van der Waals surface area contributed by atoms with Crippen LogP contribution in [0.5, 0.6) is 0 Å². The summed E-state index contributed by atoms with van der Waals surface area (Å²) in [7, 11) is 0. The van der Waals surface area contributed by atoms with Gasteiger partial charge in [-0.3, -0.25) is 10.0 Å². The molecular formula is C21H16FN3O2. The van der Waals surface area contributed by atoms with Crippen LogP contribution in [0.4, 0.5) is 15.9 Å². The molecule has 1 aliphatic rings. The van der Waals surface area contributed by atoms with Gasteiger partial charge in [-0.2, -0.15) is 0 Å². The molecule has 2 N–H and O–H groups in total. The van der Waals surface area contributed by atoms with Crippen molar-refractivity contribution in [3.8, 4) is 0 Å². The van der Waals surface area contributed by atoms with Gasteiger partial charge < -0.3 is 4.90 Å². The van der Waals surface area contributed by atoms with Crippen LogP contribution in [0.2, 0.25) is 0 Å². The van der Waals surface area contributed by atoms with Crippen molar-refractivity contribution < 1.29 is 14.4 Å². The maximum absolute atomic E-state index is 14.0. The van der Waals surface area contributed by atoms with Crippen LogP contribution in [-0.2, 0) is 6.54 Å². The Bertz CT molecular complexity index is 1030. The summed E-state index contributed by atoms with van der Waals surface area (Å²) in [6, 6.07) is 15.3. The molecule has 1 aliphatic heterocycles. The molecule has 0 fully saturated rings. The van der Waals surface area contributed by atoms with Crippen molar-refractivity contribution in [3.63, 3.8) is 0 Å². The number of carbonyl (C=O) groups is 1. The Morgan fingerprint density at radius 1 is 1.07 bits per heavy atom. The van der Waals surface area contributed by atoms with Crippen LogP contribution in [0, 0.1) is 5.82 Å². The smallest absolute Gasteiger partial charge is 0.274 e. The van der Waals surface area contributed by atoms with Gasteiger partial charge in [0.05, 0.1) is 5.69 Å². The van der Waals surface area contributed by atoms with Crippen LogP contribution >= 0.6 is 0 Å². The van der Waals surface area contributed by atoms with E-state index in [1.54, 1.807) is 42.0 Å². The fraction of sp³-hybridized carbons (Fsp3) is 0.0476. The Labute approximate surface area is 155 Å². The Morgan fingerprint density at radius 2 is 1.85 bits per heavy atom. The Hall–Kier alpha value is -3.51. The minimum atomic E-state index is -0.569. The molecule has 1 amide bonds. The summed E-state index contributed by atoms with van der Waals surface area (Å²) in [5, 5.41) is 8.74. The number of hydrogen-bond acceptors (Lipinski definition) is 4. The number of amides is 1. The first kappa shape index (κ1) is 16.9. The average molecular weight is 361 g/mol. The maximum atomic E-state index is 14.0. The molecule has 6 heteroatoms. The van der Waals surface area contributed by atoms with Crippen molar-refractivity contribution in [2.24, 2.45) is 0 Å². The third kappa shape index (κ3) is 3.30. The summed E-state index contributed by atoms with van der Waals surface area (Å²) in [4.78, 5) is 17.9. The lowest BCUT2D eigenvalue weighted by Crippen LogP contribution is -2.20. The monoisotopic (exact) mass is 361 g/mol. The van der Waals surface area contributed by atoms with Crippen molar-refractivity contribution >= 4 is 29.6 Å². The number of anilines is 2. The van der Waals surface area contributed by atoms with Gasteiger partial charge in [0.15, 0.2) is 0 Å². The molecule has 2 aromatic carbocycles. The molecule has 0 unspecified atom stereocenters. The molecule has 27 heavy (non-hydrogen) atoms. The molecule has 134 valence electrons. The lowest BCUT2D eigenvalue weighted by atomic mass is 10.1. The van der Waals surface area contributed by atoms with Crippen LogP contribution in [-0.4, -0.2) is 16.1 Å². The summed E-state index contributed by atoms with van der Waals surface area (Å²) in [6.07, 6.45) is 5.62. The predicted octanol–water partition coefficient (Wildman–Crippen LogP) is 4.16. The molecule has 0 atom stereocenters. The minimum Gasteiger partial charge on any atom is -0.321 e. The van der Waals surface area contributed by atoms with Gasteiger partial charge in [0.2, 0.25) is 0 Å². The van der Waals surface area contributed by atoms with E-state index in [9.17, 15) is 9.18 Å². The quantitative estimate of drug-likeness (QED) is 0.543. The van der Waals surface area contributed by atoms with E-state index in [4.69, 9.17) is 5.21 Å². The molecule has 0 radical (unpaired) electrons. The van der Waals surface area contributed by atoms with Gasteiger partial charge >= 0.3 is 0 Å². The fourth-order valence-corrected chi connectivity index (χ4v) is 3.12. The van der Waals surface area contributed by atoms with Gasteiger partial charge in [-0.25, -0.2) is 14.9 Å². The molecule has 0 aliphatic carbocycles. The highest BCUT2D eigenvalue weighted by Gasteiger charge is 2.20. The van der Waals surface area contributed by atoms with E-state index < -0.39 is 5.91 Å². The molecular weight excluding hydrogens is 345 g/mol. The number of halogens is 1. The molecule has 0 bridgehead atoms. The number of fused-ring (bicyclic) bond motifs is 2. The van der Waals surface area contributed by atoms with Gasteiger partial charge in [0, 0.05) is 23.9 Å². The zero-order chi connectivity index (χ0) is 18.8. The predicted molar refractivity (Wildman–Crippen MR) is 101 cm³/mol. The highest BCUT2D eigenvalue weighted by molar-refractivity contribution is 5.93. The van der Waals surface area contributed by atoms with Crippen molar-refractivity contribution in [2.75, 3.05) is 4.90 Å². The molecule has 0 spiro atoms. The van der Waals surface area contributed by atoms with Crippen LogP contribution < -0.4 is 10.4 Å². The number of nitrogens with one attached hydrogen (secondary N) is 1. The van der Waals surface area contributed by atoms with Crippen molar-refractivity contribution in [3.05, 3.63) is 88.9 Å². The van der Waals surface area contributed by atoms with Crippen molar-refractivity contribution in [2.45, 2.75) is 6.54 Å². The van der Waals surface area contributed by atoms with E-state index in [2.05, 4.69) is 4.98 Å². The third-order valence-electron chi connectivity index (χ3n) is 4.46. The van der Waals surface area contributed by atoms with Crippen molar-refractivity contribution in [1.82, 2.24) is 10.5 Å². The zero-order valence-corrected chi connectivity index (χ0v) is 14.3. The first-order valence-corrected chi connectivity index (χ1v) is 8.39. The molecule has 5 nitrogen and oxygen atoms in total. The number of benzene rings is 2. The number of aromatic nitrogens is 1. The van der Waals surface area contributed by atoms with Gasteiger partial charge in [-0.05, 0) is 53.6 Å².